The topological polar surface area (TPSA) is 50.1 Å². The highest BCUT2D eigenvalue weighted by Crippen LogP contribution is 2.26. The van der Waals surface area contributed by atoms with Gasteiger partial charge >= 0.3 is 5.97 Å². The molecule has 0 atom stereocenters. The normalized spacial score (nSPS) is 10.8. The fourth-order valence-electron chi connectivity index (χ4n) is 1.60. The second-order valence-electron chi connectivity index (χ2n) is 4.58. The lowest BCUT2D eigenvalue weighted by molar-refractivity contribution is 0.0600. The number of thioether (sulfide) groups is 1. The molecule has 0 aliphatic rings. The van der Waals surface area contributed by atoms with Crippen molar-refractivity contribution in [2.45, 2.75) is 25.0 Å². The number of carbonyl (C=O) groups is 1. The van der Waals surface area contributed by atoms with E-state index >= 15 is 0 Å². The van der Waals surface area contributed by atoms with Gasteiger partial charge in [0.1, 0.15) is 0 Å². The fourth-order valence-corrected chi connectivity index (χ4v) is 2.10. The molecule has 0 aliphatic carbocycles. The molecule has 1 aromatic carbocycles. The standard InChI is InChI=1S/C14H17NO2S/c1-14(2,9-15)12-6-10(8-18-4)5-11(7-12)13(16)17-3/h5-7H,8H2,1-4H3. The Bertz CT molecular complexity index is 489. The third kappa shape index (κ3) is 3.27. The summed E-state index contributed by atoms with van der Waals surface area (Å²) in [6.45, 7) is 3.68. The van der Waals surface area contributed by atoms with Crippen molar-refractivity contribution in [3.05, 3.63) is 34.9 Å². The second kappa shape index (κ2) is 5.92. The number of rotatable bonds is 4. The predicted molar refractivity (Wildman–Crippen MR) is 73.6 cm³/mol. The number of ether oxygens (including phenoxy) is 1. The van der Waals surface area contributed by atoms with E-state index in [1.807, 2.05) is 32.2 Å². The van der Waals surface area contributed by atoms with Crippen molar-refractivity contribution in [2.75, 3.05) is 13.4 Å². The molecule has 0 bridgehead atoms. The molecule has 0 aromatic heterocycles. The molecular weight excluding hydrogens is 246 g/mol. The van der Waals surface area contributed by atoms with E-state index in [-0.39, 0.29) is 5.97 Å². The first-order valence-corrected chi connectivity index (χ1v) is 6.97. The van der Waals surface area contributed by atoms with E-state index in [9.17, 15) is 10.1 Å². The van der Waals surface area contributed by atoms with Crippen molar-refractivity contribution in [2.24, 2.45) is 0 Å². The Balaban J connectivity index is 3.31. The molecule has 18 heavy (non-hydrogen) atoms. The quantitative estimate of drug-likeness (QED) is 0.783. The van der Waals surface area contributed by atoms with E-state index in [1.165, 1.54) is 7.11 Å². The van der Waals surface area contributed by atoms with Gasteiger partial charge in [-0.15, -0.1) is 0 Å². The van der Waals surface area contributed by atoms with Crippen molar-refractivity contribution < 1.29 is 9.53 Å². The zero-order chi connectivity index (χ0) is 13.8. The van der Waals surface area contributed by atoms with E-state index in [0.717, 1.165) is 16.9 Å². The monoisotopic (exact) mass is 263 g/mol. The Morgan fingerprint density at radius 3 is 2.61 bits per heavy atom. The van der Waals surface area contributed by atoms with Gasteiger partial charge in [-0.3, -0.25) is 0 Å². The minimum absolute atomic E-state index is 0.368. The van der Waals surface area contributed by atoms with E-state index in [0.29, 0.717) is 5.56 Å². The van der Waals surface area contributed by atoms with Gasteiger partial charge < -0.3 is 4.74 Å². The Morgan fingerprint density at radius 2 is 2.11 bits per heavy atom. The molecule has 0 aliphatic heterocycles. The summed E-state index contributed by atoms with van der Waals surface area (Å²) in [5.41, 5.74) is 1.76. The molecule has 0 N–H and O–H groups in total. The molecule has 0 saturated carbocycles. The maximum Gasteiger partial charge on any atom is 0.337 e. The van der Waals surface area contributed by atoms with Crippen LogP contribution < -0.4 is 0 Å². The fraction of sp³-hybridized carbons (Fsp3) is 0.429. The average molecular weight is 263 g/mol. The third-order valence-electron chi connectivity index (χ3n) is 2.73. The molecule has 0 unspecified atom stereocenters. The Labute approximate surface area is 112 Å². The van der Waals surface area contributed by atoms with Gasteiger partial charge in [-0.1, -0.05) is 6.07 Å². The summed E-state index contributed by atoms with van der Waals surface area (Å²) < 4.78 is 4.74. The maximum absolute atomic E-state index is 11.6. The Kier molecular flexibility index (Phi) is 4.80. The molecule has 0 radical (unpaired) electrons. The number of nitriles is 1. The van der Waals surface area contributed by atoms with Crippen LogP contribution in [0.15, 0.2) is 18.2 Å². The lowest BCUT2D eigenvalue weighted by atomic mass is 9.84. The van der Waals surface area contributed by atoms with Crippen molar-refractivity contribution in [3.8, 4) is 6.07 Å². The number of methoxy groups -OCH3 is 1. The molecule has 0 fully saturated rings. The highest BCUT2D eigenvalue weighted by molar-refractivity contribution is 7.97. The zero-order valence-electron chi connectivity index (χ0n) is 11.1. The molecule has 1 aromatic rings. The molecule has 4 heteroatoms. The SMILES string of the molecule is COC(=O)c1cc(CSC)cc(C(C)(C)C#N)c1. The summed E-state index contributed by atoms with van der Waals surface area (Å²) in [7, 11) is 1.36. The minimum atomic E-state index is -0.614. The number of hydrogen-bond donors (Lipinski definition) is 0. The van der Waals surface area contributed by atoms with E-state index < -0.39 is 5.41 Å². The van der Waals surface area contributed by atoms with Crippen LogP contribution in [-0.2, 0) is 15.9 Å². The zero-order valence-corrected chi connectivity index (χ0v) is 11.9. The van der Waals surface area contributed by atoms with Crippen molar-refractivity contribution in [3.63, 3.8) is 0 Å². The number of esters is 1. The number of carbonyl (C=O) groups excluding carboxylic acids is 1. The number of nitrogens with zero attached hydrogens (tertiary/aromatic N) is 1. The van der Waals surface area contributed by atoms with Crippen LogP contribution in [0.5, 0.6) is 0 Å². The molecule has 1 rings (SSSR count). The van der Waals surface area contributed by atoms with Crippen LogP contribution in [0.3, 0.4) is 0 Å². The summed E-state index contributed by atoms with van der Waals surface area (Å²) in [6, 6.07) is 7.78. The van der Waals surface area contributed by atoms with Crippen molar-refractivity contribution in [1.82, 2.24) is 0 Å². The van der Waals surface area contributed by atoms with Crippen LogP contribution in [-0.4, -0.2) is 19.3 Å². The molecule has 3 nitrogen and oxygen atoms in total. The highest BCUT2D eigenvalue weighted by atomic mass is 32.2. The van der Waals surface area contributed by atoms with Gasteiger partial charge in [-0.25, -0.2) is 4.79 Å². The van der Waals surface area contributed by atoms with E-state index in [2.05, 4.69) is 6.07 Å². The minimum Gasteiger partial charge on any atom is -0.465 e. The van der Waals surface area contributed by atoms with E-state index in [4.69, 9.17) is 4.74 Å². The summed E-state index contributed by atoms with van der Waals surface area (Å²) in [6.07, 6.45) is 2.00. The first-order chi connectivity index (χ1) is 8.44. The molecule has 0 spiro atoms. The van der Waals surface area contributed by atoms with E-state index in [1.54, 1.807) is 17.8 Å². The van der Waals surface area contributed by atoms with Crippen LogP contribution in [0.2, 0.25) is 0 Å². The lowest BCUT2D eigenvalue weighted by Crippen LogP contribution is -2.16. The first-order valence-electron chi connectivity index (χ1n) is 5.57. The number of hydrogen-bond acceptors (Lipinski definition) is 4. The van der Waals surface area contributed by atoms with Gasteiger partial charge in [0.2, 0.25) is 0 Å². The van der Waals surface area contributed by atoms with Gasteiger partial charge in [-0.05, 0) is 43.4 Å². The largest absolute Gasteiger partial charge is 0.465 e. The van der Waals surface area contributed by atoms with Crippen molar-refractivity contribution >= 4 is 17.7 Å². The van der Waals surface area contributed by atoms with Crippen LogP contribution in [0.25, 0.3) is 0 Å². The Morgan fingerprint density at radius 1 is 1.44 bits per heavy atom. The van der Waals surface area contributed by atoms with Crippen LogP contribution in [0.1, 0.15) is 35.3 Å². The van der Waals surface area contributed by atoms with Crippen LogP contribution in [0.4, 0.5) is 0 Å². The van der Waals surface area contributed by atoms with Gasteiger partial charge in [0.05, 0.1) is 24.2 Å². The lowest BCUT2D eigenvalue weighted by Gasteiger charge is -2.18. The summed E-state index contributed by atoms with van der Waals surface area (Å²) in [5.74, 6) is 0.437. The highest BCUT2D eigenvalue weighted by Gasteiger charge is 2.22. The molecule has 0 heterocycles. The molecule has 96 valence electrons. The molecule has 0 saturated heterocycles. The van der Waals surface area contributed by atoms with Crippen molar-refractivity contribution in [1.29, 1.82) is 5.26 Å². The third-order valence-corrected chi connectivity index (χ3v) is 3.35. The van der Waals surface area contributed by atoms with Gasteiger partial charge in [0.15, 0.2) is 0 Å². The van der Waals surface area contributed by atoms with Gasteiger partial charge in [0.25, 0.3) is 0 Å². The first kappa shape index (κ1) is 14.6. The molecule has 0 amide bonds. The molecular formula is C14H17NO2S. The average Bonchev–Trinajstić information content (AvgIpc) is 2.37. The van der Waals surface area contributed by atoms with Crippen LogP contribution in [0, 0.1) is 11.3 Å². The summed E-state index contributed by atoms with van der Waals surface area (Å²) in [4.78, 5) is 11.6. The summed E-state index contributed by atoms with van der Waals surface area (Å²) in [5, 5.41) is 9.18. The maximum atomic E-state index is 11.6. The predicted octanol–water partition coefficient (Wildman–Crippen LogP) is 3.14. The number of benzene rings is 1. The van der Waals surface area contributed by atoms with Crippen LogP contribution >= 0.6 is 11.8 Å². The second-order valence-corrected chi connectivity index (χ2v) is 5.45. The summed E-state index contributed by atoms with van der Waals surface area (Å²) >= 11 is 1.67. The smallest absolute Gasteiger partial charge is 0.337 e. The Hall–Kier alpha value is -1.47. The van der Waals surface area contributed by atoms with Gasteiger partial charge in [0, 0.05) is 5.75 Å². The van der Waals surface area contributed by atoms with Gasteiger partial charge in [-0.2, -0.15) is 17.0 Å².